The third-order valence-corrected chi connectivity index (χ3v) is 9.08. The Morgan fingerprint density at radius 1 is 0.929 bits per heavy atom. The highest BCUT2D eigenvalue weighted by atomic mass is 31.2. The lowest BCUT2D eigenvalue weighted by atomic mass is 10.0. The molecule has 0 aromatic heterocycles. The summed E-state index contributed by atoms with van der Waals surface area (Å²) in [7, 11) is -2.97. The molecule has 0 aliphatic rings. The second-order valence-corrected chi connectivity index (χ2v) is 10.9. The number of urea groups is 1. The monoisotopic (exact) mass is 408 g/mol. The third-order valence-electron chi connectivity index (χ3n) is 5.75. The van der Waals surface area contributed by atoms with Crippen LogP contribution >= 0.6 is 7.29 Å². The molecule has 2 atom stereocenters. The number of nitrogens with zero attached hydrogens (tertiary/aromatic N) is 1. The van der Waals surface area contributed by atoms with Crippen molar-refractivity contribution in [3.63, 3.8) is 0 Å². The Morgan fingerprint density at radius 3 is 1.75 bits per heavy atom. The Bertz CT molecular complexity index is 584. The van der Waals surface area contributed by atoms with Gasteiger partial charge in [0.1, 0.15) is 0 Å². The number of benzene rings is 1. The number of hydrogen-bond acceptors (Lipinski definition) is 2. The first kappa shape index (κ1) is 24.8. The minimum Gasteiger partial charge on any atom is -0.351 e. The molecule has 0 bridgehead atoms. The van der Waals surface area contributed by atoms with E-state index in [9.17, 15) is 9.36 Å². The van der Waals surface area contributed by atoms with Crippen LogP contribution in [0, 0.1) is 11.8 Å². The molecule has 2 unspecified atom stereocenters. The summed E-state index contributed by atoms with van der Waals surface area (Å²) < 4.78 is 15.9. The summed E-state index contributed by atoms with van der Waals surface area (Å²) in [4.78, 5) is 12.5. The van der Waals surface area contributed by atoms with Crippen molar-refractivity contribution < 1.29 is 9.36 Å². The summed E-state index contributed by atoms with van der Waals surface area (Å²) in [6.45, 7) is 8.69. The van der Waals surface area contributed by atoms with Gasteiger partial charge in [-0.2, -0.15) is 0 Å². The van der Waals surface area contributed by atoms with Gasteiger partial charge in [0.15, 0.2) is 7.29 Å². The molecule has 0 saturated carbocycles. The van der Waals surface area contributed by atoms with Crippen LogP contribution < -0.4 is 10.4 Å². The fourth-order valence-electron chi connectivity index (χ4n) is 3.97. The molecule has 0 saturated heterocycles. The first-order chi connectivity index (χ1) is 13.4. The van der Waals surface area contributed by atoms with E-state index in [4.69, 9.17) is 5.73 Å². The zero-order valence-corrected chi connectivity index (χ0v) is 19.3. The zero-order valence-electron chi connectivity index (χ0n) is 18.4. The van der Waals surface area contributed by atoms with Gasteiger partial charge < -0.3 is 5.73 Å². The number of unbranched alkanes of at least 4 members (excludes halogenated alkanes) is 2. The minimum absolute atomic E-state index is 0.361. The Hall–Kier alpha value is -1.28. The predicted molar refractivity (Wildman–Crippen MR) is 122 cm³/mol. The molecule has 160 valence electrons. The fraction of sp³-hybridized carbons (Fsp3) is 0.696. The predicted octanol–water partition coefficient (Wildman–Crippen LogP) is 7.28. The normalized spacial score (nSPS) is 15.6. The van der Waals surface area contributed by atoms with Crippen LogP contribution in [0.3, 0.4) is 0 Å². The maximum atomic E-state index is 14.4. The molecule has 2 N–H and O–H groups in total. The summed E-state index contributed by atoms with van der Waals surface area (Å²) in [6, 6.07) is 8.75. The molecule has 1 rings (SSSR count). The van der Waals surface area contributed by atoms with Gasteiger partial charge in [-0.25, -0.2) is 9.46 Å². The molecular weight excluding hydrogens is 367 g/mol. The number of amides is 2. The molecule has 0 fully saturated rings. The molecular formula is C23H41N2O2P. The summed E-state index contributed by atoms with van der Waals surface area (Å²) in [5.74, 6) is 0.722. The zero-order chi connectivity index (χ0) is 21.0. The molecule has 0 aliphatic carbocycles. The minimum atomic E-state index is -2.97. The molecule has 5 heteroatoms. The van der Waals surface area contributed by atoms with Gasteiger partial charge in [0.25, 0.3) is 0 Å². The molecule has 2 amide bonds. The van der Waals surface area contributed by atoms with Gasteiger partial charge in [0, 0.05) is 12.3 Å². The van der Waals surface area contributed by atoms with Gasteiger partial charge >= 0.3 is 6.03 Å². The summed E-state index contributed by atoms with van der Waals surface area (Å²) >= 11 is 0. The van der Waals surface area contributed by atoms with Crippen LogP contribution in [0.4, 0.5) is 10.5 Å². The van der Waals surface area contributed by atoms with Crippen molar-refractivity contribution in [3.8, 4) is 0 Å². The Morgan fingerprint density at radius 2 is 1.39 bits per heavy atom. The molecule has 0 aliphatic heterocycles. The van der Waals surface area contributed by atoms with Gasteiger partial charge in [0.05, 0.1) is 5.69 Å². The van der Waals surface area contributed by atoms with Gasteiger partial charge in [0.2, 0.25) is 0 Å². The number of rotatable bonds is 14. The van der Waals surface area contributed by atoms with Crippen molar-refractivity contribution in [1.82, 2.24) is 0 Å². The maximum absolute atomic E-state index is 14.4. The molecule has 0 spiro atoms. The number of hydrogen-bond donors (Lipinski definition) is 1. The maximum Gasteiger partial charge on any atom is 0.324 e. The molecule has 0 heterocycles. The number of primary amides is 1. The average molecular weight is 409 g/mol. The van der Waals surface area contributed by atoms with Gasteiger partial charge in [-0.3, -0.25) is 4.57 Å². The highest BCUT2D eigenvalue weighted by Crippen LogP contribution is 2.56. The van der Waals surface area contributed by atoms with Crippen molar-refractivity contribution in [2.75, 3.05) is 17.0 Å². The van der Waals surface area contributed by atoms with Crippen molar-refractivity contribution in [2.45, 2.75) is 79.1 Å². The second kappa shape index (κ2) is 13.0. The molecule has 1 aromatic rings. The van der Waals surface area contributed by atoms with Crippen LogP contribution in [0.1, 0.15) is 79.1 Å². The number of carbonyl (C=O) groups is 1. The van der Waals surface area contributed by atoms with Gasteiger partial charge in [-0.05, 0) is 36.8 Å². The standard InChI is InChI=1S/C23H41N2O2P/c1-5-9-14-20(7-3)18-28(27,19-21(8-4)15-10-6-2)25(23(24)26)22-16-12-11-13-17-22/h11-13,16-17,20-21H,5-10,14-15,18-19H2,1-4H3,(H2,24,26). The highest BCUT2D eigenvalue weighted by molar-refractivity contribution is 7.66. The lowest BCUT2D eigenvalue weighted by Crippen LogP contribution is -2.36. The molecule has 0 radical (unpaired) electrons. The van der Waals surface area contributed by atoms with Crippen LogP contribution in [0.5, 0.6) is 0 Å². The van der Waals surface area contributed by atoms with Crippen LogP contribution in [0.25, 0.3) is 0 Å². The van der Waals surface area contributed by atoms with E-state index in [2.05, 4.69) is 27.7 Å². The Balaban J connectivity index is 3.26. The van der Waals surface area contributed by atoms with Crippen molar-refractivity contribution in [2.24, 2.45) is 17.6 Å². The highest BCUT2D eigenvalue weighted by Gasteiger charge is 2.38. The average Bonchev–Trinajstić information content (AvgIpc) is 2.69. The van der Waals surface area contributed by atoms with Crippen LogP contribution in [-0.4, -0.2) is 18.4 Å². The summed E-state index contributed by atoms with van der Waals surface area (Å²) in [5.41, 5.74) is 6.47. The van der Waals surface area contributed by atoms with E-state index in [0.29, 0.717) is 29.8 Å². The summed E-state index contributed by atoms with van der Waals surface area (Å²) in [5, 5.41) is 0. The number of nitrogens with two attached hydrogens (primary N) is 1. The van der Waals surface area contributed by atoms with E-state index in [-0.39, 0.29) is 0 Å². The fourth-order valence-corrected chi connectivity index (χ4v) is 7.85. The van der Waals surface area contributed by atoms with Crippen molar-refractivity contribution in [1.29, 1.82) is 0 Å². The largest absolute Gasteiger partial charge is 0.351 e. The molecule has 1 aromatic carbocycles. The topological polar surface area (TPSA) is 63.4 Å². The first-order valence-electron chi connectivity index (χ1n) is 11.1. The lowest BCUT2D eigenvalue weighted by molar-refractivity contribution is 0.256. The lowest BCUT2D eigenvalue weighted by Gasteiger charge is -2.35. The molecule has 28 heavy (non-hydrogen) atoms. The Labute approximate surface area is 172 Å². The SMILES string of the molecule is CCCCC(CC)CP(=O)(CC(CC)CCCC)N(C(N)=O)c1ccccc1. The van der Waals surface area contributed by atoms with E-state index in [1.165, 1.54) is 4.67 Å². The van der Waals surface area contributed by atoms with Crippen LogP contribution in [0.15, 0.2) is 30.3 Å². The van der Waals surface area contributed by atoms with E-state index < -0.39 is 13.3 Å². The quantitative estimate of drug-likeness (QED) is 0.329. The number of para-hydroxylation sites is 1. The van der Waals surface area contributed by atoms with E-state index in [1.54, 1.807) is 0 Å². The van der Waals surface area contributed by atoms with Crippen molar-refractivity contribution in [3.05, 3.63) is 30.3 Å². The summed E-state index contributed by atoms with van der Waals surface area (Å²) in [6.07, 6.45) is 9.76. The van der Waals surface area contributed by atoms with Crippen LogP contribution in [-0.2, 0) is 4.57 Å². The van der Waals surface area contributed by atoms with E-state index in [0.717, 1.165) is 51.4 Å². The smallest absolute Gasteiger partial charge is 0.324 e. The van der Waals surface area contributed by atoms with Crippen molar-refractivity contribution >= 4 is 19.0 Å². The van der Waals surface area contributed by atoms with Crippen LogP contribution in [0.2, 0.25) is 0 Å². The Kier molecular flexibility index (Phi) is 11.5. The molecule has 4 nitrogen and oxygen atoms in total. The number of carbonyl (C=O) groups excluding carboxylic acids is 1. The third kappa shape index (κ3) is 7.62. The van der Waals surface area contributed by atoms with Gasteiger partial charge in [-0.15, -0.1) is 0 Å². The number of anilines is 1. The second-order valence-electron chi connectivity index (χ2n) is 8.03. The first-order valence-corrected chi connectivity index (χ1v) is 13.2. The van der Waals surface area contributed by atoms with Gasteiger partial charge in [-0.1, -0.05) is 84.4 Å². The van der Waals surface area contributed by atoms with E-state index in [1.807, 2.05) is 30.3 Å². The van der Waals surface area contributed by atoms with E-state index >= 15 is 0 Å².